The quantitative estimate of drug-likeness (QED) is 0.545. The number of benzene rings is 1. The van der Waals surface area contributed by atoms with Gasteiger partial charge < -0.3 is 14.5 Å². The minimum atomic E-state index is -0.739. The highest BCUT2D eigenvalue weighted by atomic mass is 19.1. The fraction of sp³-hybridized carbons (Fsp3) is 0.389. The summed E-state index contributed by atoms with van der Waals surface area (Å²) in [7, 11) is 1.34. The number of ether oxygens (including phenoxy) is 1. The number of esters is 1. The predicted molar refractivity (Wildman–Crippen MR) is 89.1 cm³/mol. The molecule has 1 N–H and O–H groups in total. The first-order valence-electron chi connectivity index (χ1n) is 8.23. The van der Waals surface area contributed by atoms with E-state index in [2.05, 4.69) is 15.0 Å². The summed E-state index contributed by atoms with van der Waals surface area (Å²) in [6.45, 7) is 0.466. The van der Waals surface area contributed by atoms with Crippen molar-refractivity contribution in [1.82, 2.24) is 10.3 Å². The predicted octanol–water partition coefficient (Wildman–Crippen LogP) is 3.01. The fourth-order valence-electron chi connectivity index (χ4n) is 2.27. The maximum Gasteiger partial charge on any atom is 0.305 e. The van der Waals surface area contributed by atoms with E-state index >= 15 is 0 Å². The van der Waals surface area contributed by atoms with Crippen LogP contribution in [0.4, 0.5) is 8.78 Å². The zero-order valence-corrected chi connectivity index (χ0v) is 14.4. The molecule has 6 nitrogen and oxygen atoms in total. The van der Waals surface area contributed by atoms with Crippen LogP contribution in [0.5, 0.6) is 0 Å². The van der Waals surface area contributed by atoms with Crippen molar-refractivity contribution >= 4 is 11.9 Å². The molecular weight excluding hydrogens is 346 g/mol. The van der Waals surface area contributed by atoms with Gasteiger partial charge in [-0.05, 0) is 25.0 Å². The van der Waals surface area contributed by atoms with E-state index in [-0.39, 0.29) is 36.0 Å². The number of unbranched alkanes of at least 4 members (excludes halogenated alkanes) is 1. The van der Waals surface area contributed by atoms with E-state index in [0.717, 1.165) is 12.1 Å². The molecule has 1 aromatic heterocycles. The molecule has 1 heterocycles. The van der Waals surface area contributed by atoms with Crippen LogP contribution >= 0.6 is 0 Å². The molecule has 1 amide bonds. The Morgan fingerprint density at radius 2 is 2.04 bits per heavy atom. The molecule has 0 saturated heterocycles. The van der Waals surface area contributed by atoms with Crippen LogP contribution in [0.2, 0.25) is 0 Å². The molecule has 140 valence electrons. The summed E-state index contributed by atoms with van der Waals surface area (Å²) >= 11 is 0. The largest absolute Gasteiger partial charge is 0.469 e. The number of oxazole rings is 1. The molecule has 0 spiro atoms. The first-order valence-corrected chi connectivity index (χ1v) is 8.23. The second kappa shape index (κ2) is 9.65. The molecule has 2 aromatic rings. The number of rotatable bonds is 9. The van der Waals surface area contributed by atoms with Crippen molar-refractivity contribution < 1.29 is 27.5 Å². The number of aryl methyl sites for hydroxylation is 1. The van der Waals surface area contributed by atoms with Gasteiger partial charge >= 0.3 is 5.97 Å². The van der Waals surface area contributed by atoms with E-state index in [4.69, 9.17) is 4.42 Å². The number of aromatic nitrogens is 1. The number of methoxy groups -OCH3 is 1. The summed E-state index contributed by atoms with van der Waals surface area (Å²) in [5, 5.41) is 2.74. The van der Waals surface area contributed by atoms with E-state index in [1.54, 1.807) is 0 Å². The number of carbonyl (C=O) groups excluding carboxylic acids is 2. The zero-order valence-electron chi connectivity index (χ0n) is 14.4. The number of carbonyl (C=O) groups is 2. The van der Waals surface area contributed by atoms with Gasteiger partial charge in [-0.1, -0.05) is 0 Å². The number of amides is 1. The number of nitrogens with zero attached hydrogens (tertiary/aromatic N) is 1. The minimum Gasteiger partial charge on any atom is -0.469 e. The third-order valence-corrected chi connectivity index (χ3v) is 3.67. The lowest BCUT2D eigenvalue weighted by Crippen LogP contribution is -2.24. The Morgan fingerprint density at radius 3 is 2.77 bits per heavy atom. The molecule has 1 aromatic carbocycles. The van der Waals surface area contributed by atoms with Crippen LogP contribution < -0.4 is 5.32 Å². The standard InChI is InChI=1S/C18H20F2N2O4/c1-25-18(24)4-2-3-9-21-16(23)7-8-17-22-11-15(26-17)13-6-5-12(19)10-14(13)20/h5-6,10-11H,2-4,7-9H2,1H3,(H,21,23). The molecule has 8 heteroatoms. The fourth-order valence-corrected chi connectivity index (χ4v) is 2.27. The Kier molecular flexibility index (Phi) is 7.25. The Hall–Kier alpha value is -2.77. The lowest BCUT2D eigenvalue weighted by molar-refractivity contribution is -0.140. The Balaban J connectivity index is 1.74. The van der Waals surface area contributed by atoms with Crippen LogP contribution in [0.25, 0.3) is 11.3 Å². The van der Waals surface area contributed by atoms with Crippen molar-refractivity contribution in [3.8, 4) is 11.3 Å². The number of nitrogens with one attached hydrogen (secondary N) is 1. The van der Waals surface area contributed by atoms with Gasteiger partial charge in [-0.15, -0.1) is 0 Å². The Bertz CT molecular complexity index is 761. The van der Waals surface area contributed by atoms with Crippen molar-refractivity contribution in [2.45, 2.75) is 32.1 Å². The first kappa shape index (κ1) is 19.6. The monoisotopic (exact) mass is 366 g/mol. The van der Waals surface area contributed by atoms with E-state index < -0.39 is 11.6 Å². The highest BCUT2D eigenvalue weighted by Crippen LogP contribution is 2.24. The number of hydrogen-bond donors (Lipinski definition) is 1. The van der Waals surface area contributed by atoms with E-state index in [9.17, 15) is 18.4 Å². The van der Waals surface area contributed by atoms with Gasteiger partial charge in [-0.25, -0.2) is 13.8 Å². The second-order valence-corrected chi connectivity index (χ2v) is 5.63. The van der Waals surface area contributed by atoms with Crippen molar-refractivity contribution in [1.29, 1.82) is 0 Å². The van der Waals surface area contributed by atoms with Crippen LogP contribution in [0.15, 0.2) is 28.8 Å². The summed E-state index contributed by atoms with van der Waals surface area (Å²) in [5.74, 6) is -1.37. The topological polar surface area (TPSA) is 81.4 Å². The van der Waals surface area contributed by atoms with Gasteiger partial charge in [0.05, 0.1) is 18.9 Å². The SMILES string of the molecule is COC(=O)CCCCNC(=O)CCc1ncc(-c2ccc(F)cc2F)o1. The molecule has 26 heavy (non-hydrogen) atoms. The maximum atomic E-state index is 13.7. The van der Waals surface area contributed by atoms with Crippen molar-refractivity contribution in [2.24, 2.45) is 0 Å². The first-order chi connectivity index (χ1) is 12.5. The molecule has 0 radical (unpaired) electrons. The second-order valence-electron chi connectivity index (χ2n) is 5.63. The summed E-state index contributed by atoms with van der Waals surface area (Å²) < 4.78 is 36.6. The molecule has 0 atom stereocenters. The highest BCUT2D eigenvalue weighted by Gasteiger charge is 2.13. The van der Waals surface area contributed by atoms with Gasteiger partial charge in [0, 0.05) is 31.9 Å². The smallest absolute Gasteiger partial charge is 0.305 e. The van der Waals surface area contributed by atoms with Gasteiger partial charge in [0.15, 0.2) is 11.7 Å². The van der Waals surface area contributed by atoms with Gasteiger partial charge in [-0.3, -0.25) is 9.59 Å². The molecule has 0 bridgehead atoms. The third kappa shape index (κ3) is 5.94. The van der Waals surface area contributed by atoms with Crippen LogP contribution in [0.1, 0.15) is 31.6 Å². The lowest BCUT2D eigenvalue weighted by atomic mass is 10.2. The van der Waals surface area contributed by atoms with Crippen molar-refractivity contribution in [3.05, 3.63) is 41.9 Å². The molecular formula is C18H20F2N2O4. The highest BCUT2D eigenvalue weighted by molar-refractivity contribution is 5.76. The molecule has 0 saturated carbocycles. The van der Waals surface area contributed by atoms with Gasteiger partial charge in [-0.2, -0.15) is 0 Å². The van der Waals surface area contributed by atoms with E-state index in [0.29, 0.717) is 31.7 Å². The third-order valence-electron chi connectivity index (χ3n) is 3.67. The van der Waals surface area contributed by atoms with Crippen LogP contribution in [-0.4, -0.2) is 30.5 Å². The normalized spacial score (nSPS) is 10.6. The maximum absolute atomic E-state index is 13.7. The van der Waals surface area contributed by atoms with Gasteiger partial charge in [0.25, 0.3) is 0 Å². The Morgan fingerprint density at radius 1 is 1.23 bits per heavy atom. The summed E-state index contributed by atoms with van der Waals surface area (Å²) in [6, 6.07) is 3.18. The molecule has 0 aliphatic carbocycles. The lowest BCUT2D eigenvalue weighted by Gasteiger charge is -2.04. The van der Waals surface area contributed by atoms with Crippen LogP contribution in [0, 0.1) is 11.6 Å². The molecule has 2 rings (SSSR count). The van der Waals surface area contributed by atoms with Crippen LogP contribution in [0.3, 0.4) is 0 Å². The number of hydrogen-bond acceptors (Lipinski definition) is 5. The number of halogens is 2. The molecule has 0 aliphatic heterocycles. The van der Waals surface area contributed by atoms with Gasteiger partial charge in [0.1, 0.15) is 11.6 Å². The summed E-state index contributed by atoms with van der Waals surface area (Å²) in [5.41, 5.74) is 0.111. The summed E-state index contributed by atoms with van der Waals surface area (Å²) in [4.78, 5) is 26.7. The van der Waals surface area contributed by atoms with Crippen LogP contribution in [-0.2, 0) is 20.7 Å². The van der Waals surface area contributed by atoms with Crippen molar-refractivity contribution in [2.75, 3.05) is 13.7 Å². The summed E-state index contributed by atoms with van der Waals surface area (Å²) in [6.07, 6.45) is 3.41. The molecule has 0 aliphatic rings. The van der Waals surface area contributed by atoms with E-state index in [1.807, 2.05) is 0 Å². The molecule has 0 unspecified atom stereocenters. The average molecular weight is 366 g/mol. The average Bonchev–Trinajstić information content (AvgIpc) is 3.08. The van der Waals surface area contributed by atoms with Gasteiger partial charge in [0.2, 0.25) is 5.91 Å². The molecule has 0 fully saturated rings. The minimum absolute atomic E-state index is 0.111. The van der Waals surface area contributed by atoms with E-state index in [1.165, 1.54) is 19.4 Å². The zero-order chi connectivity index (χ0) is 18.9. The van der Waals surface area contributed by atoms with Crippen molar-refractivity contribution in [3.63, 3.8) is 0 Å². The Labute approximate surface area is 149 Å².